The average molecular weight is 109 g/mol. The molecular weight excluding hydrogens is 102 g/mol. The lowest BCUT2D eigenvalue weighted by atomic mass is 10.1. The fourth-order valence-corrected chi connectivity index (χ4v) is 0.539. The maximum atomic E-state index is 10.4. The summed E-state index contributed by atoms with van der Waals surface area (Å²) in [6, 6.07) is 0. The molecule has 42 valence electrons. The van der Waals surface area contributed by atoms with Crippen molar-refractivity contribution >= 4 is 5.91 Å². The van der Waals surface area contributed by atoms with Crippen LogP contribution in [-0.4, -0.2) is 12.5 Å². The van der Waals surface area contributed by atoms with Crippen LogP contribution in [0, 0.1) is 0 Å². The number of amides is 1. The van der Waals surface area contributed by atoms with Crippen molar-refractivity contribution in [3.05, 3.63) is 24.3 Å². The second kappa shape index (κ2) is 1.82. The number of β-lactam (4-membered cyclic amide) rings is 1. The highest BCUT2D eigenvalue weighted by molar-refractivity contribution is 6.00. The summed E-state index contributed by atoms with van der Waals surface area (Å²) in [5.41, 5.74) is 0.819. The van der Waals surface area contributed by atoms with Crippen molar-refractivity contribution in [2.24, 2.45) is 0 Å². The highest BCUT2D eigenvalue weighted by atomic mass is 16.2. The second-order valence-corrected chi connectivity index (χ2v) is 1.61. The van der Waals surface area contributed by atoms with Gasteiger partial charge < -0.3 is 5.32 Å². The maximum Gasteiger partial charge on any atom is 0.249 e. The van der Waals surface area contributed by atoms with Crippen molar-refractivity contribution in [1.82, 2.24) is 5.32 Å². The van der Waals surface area contributed by atoms with Gasteiger partial charge in [0.25, 0.3) is 0 Å². The van der Waals surface area contributed by atoms with Gasteiger partial charge in [0.1, 0.15) is 0 Å². The Kier molecular flexibility index (Phi) is 1.16. The van der Waals surface area contributed by atoms with Gasteiger partial charge in [0.2, 0.25) is 5.91 Å². The van der Waals surface area contributed by atoms with Crippen LogP contribution in [-0.2, 0) is 4.79 Å². The number of carbonyl (C=O) groups excluding carboxylic acids is 1. The lowest BCUT2D eigenvalue weighted by Crippen LogP contribution is -2.40. The second-order valence-electron chi connectivity index (χ2n) is 1.61. The number of hydrogen-bond acceptors (Lipinski definition) is 1. The number of carbonyl (C=O) groups is 1. The van der Waals surface area contributed by atoms with E-state index in [2.05, 4.69) is 11.9 Å². The van der Waals surface area contributed by atoms with Crippen LogP contribution in [0.3, 0.4) is 0 Å². The Hall–Kier alpha value is -1.05. The summed E-state index contributed by atoms with van der Waals surface area (Å²) in [5, 5.41) is 2.59. The van der Waals surface area contributed by atoms with Crippen molar-refractivity contribution in [1.29, 1.82) is 0 Å². The minimum absolute atomic E-state index is 0.0323. The van der Waals surface area contributed by atoms with Gasteiger partial charge >= 0.3 is 0 Å². The predicted octanol–water partition coefficient (Wildman–Crippen LogP) is 0.229. The number of rotatable bonds is 1. The molecule has 1 rings (SSSR count). The molecule has 2 heteroatoms. The molecular formula is C6H7NO. The molecule has 0 atom stereocenters. The molecule has 1 amide bonds. The first-order valence-electron chi connectivity index (χ1n) is 2.44. The molecule has 0 aliphatic carbocycles. The Bertz CT molecular complexity index is 158. The monoisotopic (exact) mass is 109 g/mol. The van der Waals surface area contributed by atoms with Gasteiger partial charge in [-0.25, -0.2) is 0 Å². The van der Waals surface area contributed by atoms with Crippen molar-refractivity contribution in [2.75, 3.05) is 6.54 Å². The van der Waals surface area contributed by atoms with E-state index < -0.39 is 0 Å². The van der Waals surface area contributed by atoms with Crippen molar-refractivity contribution in [3.63, 3.8) is 0 Å². The maximum absolute atomic E-state index is 10.4. The molecule has 1 heterocycles. The van der Waals surface area contributed by atoms with Gasteiger partial charge in [0, 0.05) is 12.1 Å². The van der Waals surface area contributed by atoms with Crippen LogP contribution in [0.15, 0.2) is 24.3 Å². The molecule has 0 unspecified atom stereocenters. The van der Waals surface area contributed by atoms with Gasteiger partial charge in [-0.05, 0) is 0 Å². The molecule has 0 saturated carbocycles. The lowest BCUT2D eigenvalue weighted by Gasteiger charge is -2.16. The minimum Gasteiger partial charge on any atom is -0.348 e. The summed E-state index contributed by atoms with van der Waals surface area (Å²) in [6.45, 7) is 4.16. The van der Waals surface area contributed by atoms with Gasteiger partial charge in [0.15, 0.2) is 0 Å². The fraction of sp³-hybridized carbons (Fsp3) is 0.167. The molecule has 1 saturated heterocycles. The third kappa shape index (κ3) is 0.644. The molecule has 0 radical (unpaired) electrons. The van der Waals surface area contributed by atoms with Crippen LogP contribution >= 0.6 is 0 Å². The summed E-state index contributed by atoms with van der Waals surface area (Å²) in [6.07, 6.45) is 3.34. The number of hydrogen-bond donors (Lipinski definition) is 1. The minimum atomic E-state index is 0.0323. The van der Waals surface area contributed by atoms with Crippen molar-refractivity contribution in [3.8, 4) is 0 Å². The van der Waals surface area contributed by atoms with Crippen molar-refractivity contribution < 1.29 is 4.79 Å². The Morgan fingerprint density at radius 2 is 2.50 bits per heavy atom. The highest BCUT2D eigenvalue weighted by Crippen LogP contribution is 2.01. The molecule has 0 bridgehead atoms. The zero-order valence-corrected chi connectivity index (χ0v) is 4.48. The predicted molar refractivity (Wildman–Crippen MR) is 31.3 cm³/mol. The van der Waals surface area contributed by atoms with E-state index in [1.807, 2.05) is 0 Å². The topological polar surface area (TPSA) is 29.1 Å². The van der Waals surface area contributed by atoms with Crippen LogP contribution in [0.25, 0.3) is 0 Å². The molecule has 0 aromatic rings. The summed E-state index contributed by atoms with van der Waals surface area (Å²) in [7, 11) is 0. The molecule has 1 aliphatic heterocycles. The van der Waals surface area contributed by atoms with Gasteiger partial charge in [-0.2, -0.15) is 0 Å². The molecule has 1 N–H and O–H groups in total. The van der Waals surface area contributed by atoms with E-state index in [1.165, 1.54) is 0 Å². The van der Waals surface area contributed by atoms with E-state index in [0.717, 1.165) is 5.57 Å². The molecule has 1 fully saturated rings. The largest absolute Gasteiger partial charge is 0.348 e. The zero-order chi connectivity index (χ0) is 5.98. The molecule has 0 spiro atoms. The first-order chi connectivity index (χ1) is 3.84. The fourth-order valence-electron chi connectivity index (χ4n) is 0.539. The lowest BCUT2D eigenvalue weighted by molar-refractivity contribution is -0.120. The first kappa shape index (κ1) is 5.09. The zero-order valence-electron chi connectivity index (χ0n) is 4.48. The summed E-state index contributed by atoms with van der Waals surface area (Å²) in [4.78, 5) is 10.4. The quantitative estimate of drug-likeness (QED) is 0.379. The number of allylic oxidation sites excluding steroid dienone is 2. The van der Waals surface area contributed by atoms with E-state index in [9.17, 15) is 4.79 Å². The Morgan fingerprint density at radius 3 is 2.62 bits per heavy atom. The van der Waals surface area contributed by atoms with E-state index in [1.54, 1.807) is 12.2 Å². The SMILES string of the molecule is C=CC=C1CNC1=O. The first-order valence-corrected chi connectivity index (χ1v) is 2.44. The van der Waals surface area contributed by atoms with Crippen LogP contribution < -0.4 is 5.32 Å². The van der Waals surface area contributed by atoms with Crippen LogP contribution in [0.4, 0.5) is 0 Å². The molecule has 0 aromatic heterocycles. The smallest absolute Gasteiger partial charge is 0.249 e. The van der Waals surface area contributed by atoms with E-state index in [-0.39, 0.29) is 5.91 Å². The highest BCUT2D eigenvalue weighted by Gasteiger charge is 2.16. The summed E-state index contributed by atoms with van der Waals surface area (Å²) >= 11 is 0. The standard InChI is InChI=1S/C6H7NO/c1-2-3-5-4-7-6(5)8/h2-3H,1,4H2,(H,7,8). The van der Waals surface area contributed by atoms with Crippen LogP contribution in [0.5, 0.6) is 0 Å². The van der Waals surface area contributed by atoms with E-state index in [0.29, 0.717) is 6.54 Å². The third-order valence-corrected chi connectivity index (χ3v) is 1.05. The Labute approximate surface area is 47.9 Å². The Balaban J connectivity index is 2.60. The summed E-state index contributed by atoms with van der Waals surface area (Å²) in [5.74, 6) is 0.0323. The number of nitrogens with one attached hydrogen (secondary N) is 1. The van der Waals surface area contributed by atoms with E-state index >= 15 is 0 Å². The molecule has 1 aliphatic rings. The third-order valence-electron chi connectivity index (χ3n) is 1.05. The molecule has 0 aromatic carbocycles. The van der Waals surface area contributed by atoms with Crippen LogP contribution in [0.2, 0.25) is 0 Å². The van der Waals surface area contributed by atoms with E-state index in [4.69, 9.17) is 0 Å². The normalized spacial score (nSPS) is 22.0. The van der Waals surface area contributed by atoms with Gasteiger partial charge in [-0.1, -0.05) is 18.7 Å². The van der Waals surface area contributed by atoms with Crippen LogP contribution in [0.1, 0.15) is 0 Å². The van der Waals surface area contributed by atoms with Gasteiger partial charge in [-0.15, -0.1) is 0 Å². The summed E-state index contributed by atoms with van der Waals surface area (Å²) < 4.78 is 0. The van der Waals surface area contributed by atoms with Crippen molar-refractivity contribution in [2.45, 2.75) is 0 Å². The van der Waals surface area contributed by atoms with Gasteiger partial charge in [0.05, 0.1) is 0 Å². The average Bonchev–Trinajstić information content (AvgIpc) is 1.79. The van der Waals surface area contributed by atoms with Gasteiger partial charge in [-0.3, -0.25) is 4.79 Å². The Morgan fingerprint density at radius 1 is 1.75 bits per heavy atom. The molecule has 2 nitrogen and oxygen atoms in total. The molecule has 8 heavy (non-hydrogen) atoms.